The maximum absolute atomic E-state index is 12.2. The number of hydrogen-bond acceptors (Lipinski definition) is 5. The van der Waals surface area contributed by atoms with Gasteiger partial charge in [-0.2, -0.15) is 5.10 Å². The highest BCUT2D eigenvalue weighted by Crippen LogP contribution is 2.16. The molecule has 0 saturated heterocycles. The van der Waals surface area contributed by atoms with Gasteiger partial charge in [0.2, 0.25) is 0 Å². The molecular formula is C22H26N4O4. The number of aryl methyl sites for hydroxylation is 1. The number of rotatable bonds is 8. The lowest BCUT2D eigenvalue weighted by molar-refractivity contribution is -0.139. The Morgan fingerprint density at radius 3 is 2.47 bits per heavy atom. The summed E-state index contributed by atoms with van der Waals surface area (Å²) < 4.78 is 5.59. The van der Waals surface area contributed by atoms with E-state index >= 15 is 0 Å². The van der Waals surface area contributed by atoms with Crippen molar-refractivity contribution >= 4 is 29.6 Å². The van der Waals surface area contributed by atoms with Gasteiger partial charge in [0.15, 0.2) is 6.61 Å². The van der Waals surface area contributed by atoms with Gasteiger partial charge in [-0.1, -0.05) is 44.2 Å². The molecular weight excluding hydrogens is 384 g/mol. The number of carbonyl (C=O) groups is 3. The van der Waals surface area contributed by atoms with Crippen LogP contribution in [0.4, 0.5) is 5.69 Å². The first kappa shape index (κ1) is 22.6. The van der Waals surface area contributed by atoms with E-state index in [2.05, 4.69) is 21.2 Å². The van der Waals surface area contributed by atoms with E-state index < -0.39 is 11.8 Å². The minimum atomic E-state index is -0.858. The molecule has 0 fully saturated rings. The molecule has 0 atom stereocenters. The first-order valence-electron chi connectivity index (χ1n) is 9.55. The second-order valence-corrected chi connectivity index (χ2v) is 6.99. The minimum Gasteiger partial charge on any atom is -0.483 e. The number of ether oxygens (including phenoxy) is 1. The van der Waals surface area contributed by atoms with Crippen molar-refractivity contribution in [2.24, 2.45) is 11.0 Å². The Bertz CT molecular complexity index is 925. The number of benzene rings is 2. The van der Waals surface area contributed by atoms with Gasteiger partial charge in [-0.15, -0.1) is 0 Å². The van der Waals surface area contributed by atoms with Crippen molar-refractivity contribution in [2.75, 3.05) is 18.5 Å². The first-order chi connectivity index (χ1) is 14.4. The molecule has 0 spiro atoms. The van der Waals surface area contributed by atoms with Gasteiger partial charge in [0.25, 0.3) is 5.91 Å². The second kappa shape index (κ2) is 11.4. The van der Waals surface area contributed by atoms with Crippen molar-refractivity contribution in [3.8, 4) is 5.75 Å². The SMILES string of the molecule is Cc1ccccc1NC(=O)COc1ccccc1/C=N\NC(=O)C(=O)NCC(C)C. The topological polar surface area (TPSA) is 109 Å². The lowest BCUT2D eigenvalue weighted by Crippen LogP contribution is -2.39. The van der Waals surface area contributed by atoms with Gasteiger partial charge in [-0.25, -0.2) is 5.43 Å². The summed E-state index contributed by atoms with van der Waals surface area (Å²) in [6.07, 6.45) is 1.35. The minimum absolute atomic E-state index is 0.191. The van der Waals surface area contributed by atoms with Gasteiger partial charge >= 0.3 is 11.8 Å². The first-order valence-corrected chi connectivity index (χ1v) is 9.55. The van der Waals surface area contributed by atoms with Crippen LogP contribution >= 0.6 is 0 Å². The molecule has 0 aliphatic heterocycles. The third-order valence-corrected chi connectivity index (χ3v) is 3.94. The van der Waals surface area contributed by atoms with Crippen molar-refractivity contribution in [3.05, 3.63) is 59.7 Å². The van der Waals surface area contributed by atoms with Crippen molar-refractivity contribution in [3.63, 3.8) is 0 Å². The molecule has 0 saturated carbocycles. The maximum Gasteiger partial charge on any atom is 0.329 e. The molecule has 0 aromatic heterocycles. The summed E-state index contributed by atoms with van der Waals surface area (Å²) in [5, 5.41) is 9.09. The molecule has 3 amide bonds. The number of anilines is 1. The fourth-order valence-corrected chi connectivity index (χ4v) is 2.35. The van der Waals surface area contributed by atoms with Gasteiger partial charge in [0.1, 0.15) is 5.75 Å². The van der Waals surface area contributed by atoms with Crippen LogP contribution in [-0.2, 0) is 14.4 Å². The van der Waals surface area contributed by atoms with E-state index in [9.17, 15) is 14.4 Å². The quantitative estimate of drug-likeness (QED) is 0.352. The smallest absolute Gasteiger partial charge is 0.329 e. The highest BCUT2D eigenvalue weighted by atomic mass is 16.5. The standard InChI is InChI=1S/C22H26N4O4/c1-15(2)12-23-21(28)22(29)26-24-13-17-9-5-7-11-19(17)30-14-20(27)25-18-10-6-4-8-16(18)3/h4-11,13,15H,12,14H2,1-3H3,(H,23,28)(H,25,27)(H,26,29)/b24-13-. The van der Waals surface area contributed by atoms with Crippen molar-refractivity contribution in [1.29, 1.82) is 0 Å². The Hall–Kier alpha value is -3.68. The monoisotopic (exact) mass is 410 g/mol. The lowest BCUT2D eigenvalue weighted by atomic mass is 10.2. The largest absolute Gasteiger partial charge is 0.483 e. The van der Waals surface area contributed by atoms with E-state index in [0.717, 1.165) is 11.3 Å². The summed E-state index contributed by atoms with van der Waals surface area (Å²) in [6, 6.07) is 14.4. The zero-order valence-electron chi connectivity index (χ0n) is 17.3. The molecule has 30 heavy (non-hydrogen) atoms. The van der Waals surface area contributed by atoms with Crippen LogP contribution in [0.5, 0.6) is 5.75 Å². The number of nitrogens with one attached hydrogen (secondary N) is 3. The summed E-state index contributed by atoms with van der Waals surface area (Å²) in [5.74, 6) is -1.26. The Kier molecular flexibility index (Phi) is 8.56. The molecule has 3 N–H and O–H groups in total. The zero-order valence-corrected chi connectivity index (χ0v) is 17.3. The van der Waals surface area contributed by atoms with Gasteiger partial charge < -0.3 is 15.4 Å². The number of para-hydroxylation sites is 2. The summed E-state index contributed by atoms with van der Waals surface area (Å²) in [6.45, 7) is 5.96. The van der Waals surface area contributed by atoms with E-state index in [0.29, 0.717) is 17.9 Å². The Labute approximate surface area is 175 Å². The third kappa shape index (κ3) is 7.38. The summed E-state index contributed by atoms with van der Waals surface area (Å²) >= 11 is 0. The molecule has 2 aromatic rings. The molecule has 0 radical (unpaired) electrons. The van der Waals surface area contributed by atoms with Crippen LogP contribution in [0.2, 0.25) is 0 Å². The highest BCUT2D eigenvalue weighted by molar-refractivity contribution is 6.35. The zero-order chi connectivity index (χ0) is 21.9. The molecule has 0 unspecified atom stereocenters. The molecule has 0 bridgehead atoms. The summed E-state index contributed by atoms with van der Waals surface area (Å²) in [5.41, 5.74) is 4.39. The van der Waals surface area contributed by atoms with Crippen LogP contribution in [0.3, 0.4) is 0 Å². The second-order valence-electron chi connectivity index (χ2n) is 6.99. The average molecular weight is 410 g/mol. The van der Waals surface area contributed by atoms with Gasteiger partial charge in [0.05, 0.1) is 6.21 Å². The van der Waals surface area contributed by atoms with Crippen LogP contribution in [0.1, 0.15) is 25.0 Å². The van der Waals surface area contributed by atoms with E-state index in [-0.39, 0.29) is 18.4 Å². The molecule has 2 aromatic carbocycles. The number of hydrogen-bond donors (Lipinski definition) is 3. The van der Waals surface area contributed by atoms with E-state index in [1.54, 1.807) is 24.3 Å². The van der Waals surface area contributed by atoms with Gasteiger partial charge in [0, 0.05) is 17.8 Å². The van der Waals surface area contributed by atoms with Gasteiger partial charge in [-0.3, -0.25) is 14.4 Å². The predicted molar refractivity (Wildman–Crippen MR) is 115 cm³/mol. The Morgan fingerprint density at radius 1 is 1.03 bits per heavy atom. The molecule has 158 valence electrons. The lowest BCUT2D eigenvalue weighted by Gasteiger charge is -2.11. The summed E-state index contributed by atoms with van der Waals surface area (Å²) in [7, 11) is 0. The number of amides is 3. The highest BCUT2D eigenvalue weighted by Gasteiger charge is 2.12. The molecule has 0 aliphatic carbocycles. The number of hydrazone groups is 1. The predicted octanol–water partition coefficient (Wildman–Crippen LogP) is 2.23. The van der Waals surface area contributed by atoms with E-state index in [1.165, 1.54) is 6.21 Å². The molecule has 8 nitrogen and oxygen atoms in total. The fraction of sp³-hybridized carbons (Fsp3) is 0.273. The molecule has 2 rings (SSSR count). The van der Waals surface area contributed by atoms with Crippen molar-refractivity contribution < 1.29 is 19.1 Å². The summed E-state index contributed by atoms with van der Waals surface area (Å²) in [4.78, 5) is 35.5. The van der Waals surface area contributed by atoms with Crippen LogP contribution in [0.15, 0.2) is 53.6 Å². The van der Waals surface area contributed by atoms with Crippen LogP contribution < -0.4 is 20.8 Å². The third-order valence-electron chi connectivity index (χ3n) is 3.94. The number of nitrogens with zero attached hydrogens (tertiary/aromatic N) is 1. The normalized spacial score (nSPS) is 10.7. The van der Waals surface area contributed by atoms with Crippen LogP contribution in [0, 0.1) is 12.8 Å². The number of carbonyl (C=O) groups excluding carboxylic acids is 3. The molecule has 0 heterocycles. The van der Waals surface area contributed by atoms with Gasteiger partial charge in [-0.05, 0) is 36.6 Å². The van der Waals surface area contributed by atoms with Crippen molar-refractivity contribution in [2.45, 2.75) is 20.8 Å². The van der Waals surface area contributed by atoms with Crippen molar-refractivity contribution in [1.82, 2.24) is 10.7 Å². The molecule has 8 heteroatoms. The Morgan fingerprint density at radius 2 is 1.73 bits per heavy atom. The molecule has 0 aliphatic rings. The fourth-order valence-electron chi connectivity index (χ4n) is 2.35. The maximum atomic E-state index is 12.2. The van der Waals surface area contributed by atoms with Crippen LogP contribution in [0.25, 0.3) is 0 Å². The Balaban J connectivity index is 1.90. The average Bonchev–Trinajstić information content (AvgIpc) is 2.72. The van der Waals surface area contributed by atoms with E-state index in [1.807, 2.05) is 45.0 Å². The van der Waals surface area contributed by atoms with Crippen LogP contribution in [-0.4, -0.2) is 37.1 Å². The van der Waals surface area contributed by atoms with E-state index in [4.69, 9.17) is 4.74 Å².